The molecule has 1 rings (SSSR count). The number of halogens is 3. The fraction of sp³-hybridized carbons (Fsp3) is 0.455. The third kappa shape index (κ3) is 3.98. The molecule has 1 aromatic carbocycles. The van der Waals surface area contributed by atoms with Gasteiger partial charge in [0.05, 0.1) is 0 Å². The molecule has 0 amide bonds. The Labute approximate surface area is 99.6 Å². The Hall–Kier alpha value is -0.310. The summed E-state index contributed by atoms with van der Waals surface area (Å²) in [5.41, 5.74) is 0.575. The molecule has 1 nitrogen and oxygen atoms in total. The molecule has 0 fully saturated rings. The van der Waals surface area contributed by atoms with E-state index in [0.29, 0.717) is 23.0 Å². The first-order valence-corrected chi connectivity index (χ1v) is 5.82. The largest absolute Gasteiger partial charge is 0.309 e. The van der Waals surface area contributed by atoms with E-state index >= 15 is 0 Å². The van der Waals surface area contributed by atoms with E-state index in [1.165, 1.54) is 6.07 Å². The zero-order valence-corrected chi connectivity index (χ0v) is 10.1. The van der Waals surface area contributed by atoms with Crippen molar-refractivity contribution in [3.8, 4) is 0 Å². The molecule has 0 saturated heterocycles. The number of hydrogen-bond acceptors (Lipinski definition) is 1. The van der Waals surface area contributed by atoms with Crippen LogP contribution < -0.4 is 5.32 Å². The van der Waals surface area contributed by atoms with Gasteiger partial charge < -0.3 is 5.32 Å². The molecule has 0 spiro atoms. The van der Waals surface area contributed by atoms with Gasteiger partial charge in [-0.05, 0) is 24.6 Å². The number of alkyl halides is 1. The topological polar surface area (TPSA) is 12.0 Å². The molecule has 15 heavy (non-hydrogen) atoms. The van der Waals surface area contributed by atoms with E-state index in [2.05, 4.69) is 5.32 Å². The third-order valence-electron chi connectivity index (χ3n) is 2.27. The van der Waals surface area contributed by atoms with Gasteiger partial charge in [0.2, 0.25) is 0 Å². The number of rotatable bonds is 5. The first-order valence-electron chi connectivity index (χ1n) is 4.90. The molecule has 0 aliphatic carbocycles. The van der Waals surface area contributed by atoms with Crippen molar-refractivity contribution in [2.24, 2.45) is 0 Å². The zero-order chi connectivity index (χ0) is 11.3. The van der Waals surface area contributed by atoms with Crippen molar-refractivity contribution in [1.82, 2.24) is 5.32 Å². The third-order valence-corrected chi connectivity index (χ3v) is 2.88. The minimum atomic E-state index is -0.240. The lowest BCUT2D eigenvalue weighted by atomic mass is 10.2. The molecule has 1 atom stereocenters. The molecule has 4 heteroatoms. The molecule has 1 unspecified atom stereocenters. The number of nitrogens with one attached hydrogen (secondary N) is 1. The SMILES string of the molecule is CCC(CCl)NCc1cc(Cl)ccc1F. The van der Waals surface area contributed by atoms with Crippen LogP contribution in [0.3, 0.4) is 0 Å². The van der Waals surface area contributed by atoms with E-state index in [1.54, 1.807) is 12.1 Å². The van der Waals surface area contributed by atoms with E-state index in [0.717, 1.165) is 6.42 Å². The van der Waals surface area contributed by atoms with Gasteiger partial charge in [0, 0.05) is 29.1 Å². The quantitative estimate of drug-likeness (QED) is 0.787. The van der Waals surface area contributed by atoms with Crippen LogP contribution in [0.5, 0.6) is 0 Å². The minimum Gasteiger partial charge on any atom is -0.309 e. The molecule has 1 aromatic rings. The van der Waals surface area contributed by atoms with Gasteiger partial charge in [0.1, 0.15) is 5.82 Å². The van der Waals surface area contributed by atoms with Crippen LogP contribution >= 0.6 is 23.2 Å². The second-order valence-corrected chi connectivity index (χ2v) is 4.12. The number of benzene rings is 1. The highest BCUT2D eigenvalue weighted by molar-refractivity contribution is 6.30. The lowest BCUT2D eigenvalue weighted by molar-refractivity contribution is 0.520. The summed E-state index contributed by atoms with van der Waals surface area (Å²) in [6.45, 7) is 2.49. The maximum absolute atomic E-state index is 13.3. The van der Waals surface area contributed by atoms with E-state index in [-0.39, 0.29) is 11.9 Å². The van der Waals surface area contributed by atoms with Gasteiger partial charge in [-0.1, -0.05) is 18.5 Å². The average molecular weight is 250 g/mol. The van der Waals surface area contributed by atoms with Crippen molar-refractivity contribution in [3.05, 3.63) is 34.6 Å². The van der Waals surface area contributed by atoms with Crippen molar-refractivity contribution in [1.29, 1.82) is 0 Å². The first kappa shape index (κ1) is 12.8. The molecule has 1 N–H and O–H groups in total. The van der Waals surface area contributed by atoms with Crippen molar-refractivity contribution in [2.45, 2.75) is 25.9 Å². The van der Waals surface area contributed by atoms with Gasteiger partial charge in [-0.15, -0.1) is 11.6 Å². The summed E-state index contributed by atoms with van der Waals surface area (Å²) < 4.78 is 13.3. The van der Waals surface area contributed by atoms with Crippen LogP contribution in [0.1, 0.15) is 18.9 Å². The molecule has 0 aromatic heterocycles. The van der Waals surface area contributed by atoms with Crippen LogP contribution in [0.15, 0.2) is 18.2 Å². The lowest BCUT2D eigenvalue weighted by Crippen LogP contribution is -2.29. The van der Waals surface area contributed by atoms with E-state index < -0.39 is 0 Å². The Morgan fingerprint density at radius 2 is 2.20 bits per heavy atom. The second kappa shape index (κ2) is 6.31. The molecule has 84 valence electrons. The highest BCUT2D eigenvalue weighted by Crippen LogP contribution is 2.14. The van der Waals surface area contributed by atoms with Gasteiger partial charge in [-0.2, -0.15) is 0 Å². The molecular weight excluding hydrogens is 236 g/mol. The fourth-order valence-electron chi connectivity index (χ4n) is 1.24. The molecule has 0 aliphatic heterocycles. The summed E-state index contributed by atoms with van der Waals surface area (Å²) in [6, 6.07) is 4.76. The minimum absolute atomic E-state index is 0.213. The summed E-state index contributed by atoms with van der Waals surface area (Å²) in [5.74, 6) is 0.287. The van der Waals surface area contributed by atoms with Crippen LogP contribution in [-0.4, -0.2) is 11.9 Å². The molecule has 0 radical (unpaired) electrons. The highest BCUT2D eigenvalue weighted by Gasteiger charge is 2.06. The van der Waals surface area contributed by atoms with Crippen LogP contribution in [0.4, 0.5) is 4.39 Å². The molecule has 0 saturated carbocycles. The molecule has 0 bridgehead atoms. The first-order chi connectivity index (χ1) is 7.17. The van der Waals surface area contributed by atoms with Crippen LogP contribution in [0, 0.1) is 5.82 Å². The van der Waals surface area contributed by atoms with Crippen molar-refractivity contribution < 1.29 is 4.39 Å². The monoisotopic (exact) mass is 249 g/mol. The summed E-state index contributed by atoms with van der Waals surface area (Å²) >= 11 is 11.5. The summed E-state index contributed by atoms with van der Waals surface area (Å²) in [6.07, 6.45) is 0.922. The van der Waals surface area contributed by atoms with Gasteiger partial charge in [0.25, 0.3) is 0 Å². The van der Waals surface area contributed by atoms with E-state index in [1.807, 2.05) is 6.92 Å². The van der Waals surface area contributed by atoms with Gasteiger partial charge in [0.15, 0.2) is 0 Å². The maximum atomic E-state index is 13.3. The normalized spacial score (nSPS) is 12.8. The Kier molecular flexibility index (Phi) is 5.37. The molecular formula is C11H14Cl2FN. The molecule has 0 aliphatic rings. The Balaban J connectivity index is 2.60. The van der Waals surface area contributed by atoms with Crippen molar-refractivity contribution in [2.75, 3.05) is 5.88 Å². The Morgan fingerprint density at radius 1 is 1.47 bits per heavy atom. The maximum Gasteiger partial charge on any atom is 0.127 e. The predicted molar refractivity (Wildman–Crippen MR) is 63.0 cm³/mol. The van der Waals surface area contributed by atoms with E-state index in [4.69, 9.17) is 23.2 Å². The van der Waals surface area contributed by atoms with Gasteiger partial charge in [-0.3, -0.25) is 0 Å². The smallest absolute Gasteiger partial charge is 0.127 e. The van der Waals surface area contributed by atoms with Gasteiger partial charge in [-0.25, -0.2) is 4.39 Å². The lowest BCUT2D eigenvalue weighted by Gasteiger charge is -2.14. The van der Waals surface area contributed by atoms with E-state index in [9.17, 15) is 4.39 Å². The summed E-state index contributed by atoms with van der Waals surface area (Å²) in [7, 11) is 0. The Bertz CT molecular complexity index is 313. The standard InChI is InChI=1S/C11H14Cl2FN/c1-2-10(6-12)15-7-8-5-9(13)3-4-11(8)14/h3-5,10,15H,2,6-7H2,1H3. The fourth-order valence-corrected chi connectivity index (χ4v) is 1.76. The van der Waals surface area contributed by atoms with Gasteiger partial charge >= 0.3 is 0 Å². The average Bonchev–Trinajstić information content (AvgIpc) is 2.24. The zero-order valence-electron chi connectivity index (χ0n) is 8.56. The Morgan fingerprint density at radius 3 is 2.80 bits per heavy atom. The van der Waals surface area contributed by atoms with Crippen LogP contribution in [0.2, 0.25) is 5.02 Å². The molecule has 0 heterocycles. The highest BCUT2D eigenvalue weighted by atomic mass is 35.5. The van der Waals surface area contributed by atoms with Crippen molar-refractivity contribution >= 4 is 23.2 Å². The van der Waals surface area contributed by atoms with Crippen molar-refractivity contribution in [3.63, 3.8) is 0 Å². The van der Waals surface area contributed by atoms with Crippen LogP contribution in [-0.2, 0) is 6.54 Å². The number of hydrogen-bond donors (Lipinski definition) is 1. The summed E-state index contributed by atoms with van der Waals surface area (Å²) in [4.78, 5) is 0. The van der Waals surface area contributed by atoms with Crippen LogP contribution in [0.25, 0.3) is 0 Å². The second-order valence-electron chi connectivity index (χ2n) is 3.38. The predicted octanol–water partition coefficient (Wildman–Crippen LogP) is 3.59. The summed E-state index contributed by atoms with van der Waals surface area (Å²) in [5, 5.41) is 3.72.